The van der Waals surface area contributed by atoms with E-state index in [9.17, 15) is 4.79 Å². The summed E-state index contributed by atoms with van der Waals surface area (Å²) in [6.45, 7) is 8.16. The van der Waals surface area contributed by atoms with E-state index in [1.165, 1.54) is 0 Å². The number of aromatic nitrogens is 1. The summed E-state index contributed by atoms with van der Waals surface area (Å²) in [6.07, 6.45) is -0.714. The van der Waals surface area contributed by atoms with Gasteiger partial charge in [0.25, 0.3) is 0 Å². The summed E-state index contributed by atoms with van der Waals surface area (Å²) in [5, 5.41) is 6.28. The van der Waals surface area contributed by atoms with Crippen molar-refractivity contribution in [2.45, 2.75) is 51.9 Å². The first kappa shape index (κ1) is 25.5. The molecule has 0 unspecified atom stereocenters. The van der Waals surface area contributed by atoms with Crippen molar-refractivity contribution in [3.05, 3.63) is 101 Å². The Labute approximate surface area is 212 Å². The minimum absolute atomic E-state index is 0.168. The molecule has 3 aromatic carbocycles. The second-order valence-corrected chi connectivity index (χ2v) is 10.2. The number of hydrogen-bond acceptors (Lipinski definition) is 5. The third-order valence-corrected chi connectivity index (χ3v) is 5.95. The lowest BCUT2D eigenvalue weighted by Crippen LogP contribution is -2.38. The van der Waals surface area contributed by atoms with E-state index in [2.05, 4.69) is 47.6 Å². The minimum atomic E-state index is -0.580. The number of hydrogen-bond donors (Lipinski definition) is 0. The number of nitrogens with zero attached hydrogens (tertiary/aromatic N) is 2. The summed E-state index contributed by atoms with van der Waals surface area (Å²) in [4.78, 5) is 14.5. The van der Waals surface area contributed by atoms with Gasteiger partial charge in [-0.25, -0.2) is 4.79 Å². The highest BCUT2D eigenvalue weighted by atomic mass is 16.6. The lowest BCUT2D eigenvalue weighted by Gasteiger charge is -2.32. The van der Waals surface area contributed by atoms with Crippen LogP contribution in [0, 0.1) is 6.92 Å². The van der Waals surface area contributed by atoms with Gasteiger partial charge in [-0.05, 0) is 49.6 Å². The molecule has 4 rings (SSSR count). The second-order valence-electron chi connectivity index (χ2n) is 10.2. The summed E-state index contributed by atoms with van der Waals surface area (Å²) in [7, 11) is 1.77. The van der Waals surface area contributed by atoms with Crippen molar-refractivity contribution in [2.75, 3.05) is 13.6 Å². The van der Waals surface area contributed by atoms with E-state index in [0.717, 1.165) is 27.6 Å². The SMILES string of the molecule is Cc1cc(CO[C@H](c2ccccc2)[C@H](CN(C)C(=O)OC(C)(C)C)c2ccc3ccccc3c2)on1. The maximum Gasteiger partial charge on any atom is 0.410 e. The van der Waals surface area contributed by atoms with Crippen LogP contribution in [0.2, 0.25) is 0 Å². The van der Waals surface area contributed by atoms with Crippen LogP contribution in [0.5, 0.6) is 0 Å². The first-order valence-corrected chi connectivity index (χ1v) is 12.2. The Morgan fingerprint density at radius 2 is 1.64 bits per heavy atom. The van der Waals surface area contributed by atoms with Crippen LogP contribution in [0.3, 0.4) is 0 Å². The Kier molecular flexibility index (Phi) is 7.75. The van der Waals surface area contributed by atoms with Crippen molar-refractivity contribution in [3.63, 3.8) is 0 Å². The van der Waals surface area contributed by atoms with Crippen LogP contribution in [0.1, 0.15) is 55.4 Å². The molecule has 0 N–H and O–H groups in total. The zero-order valence-corrected chi connectivity index (χ0v) is 21.6. The fraction of sp³-hybridized carbons (Fsp3) is 0.333. The Hall–Kier alpha value is -3.64. The third kappa shape index (κ3) is 6.52. The Morgan fingerprint density at radius 3 is 2.31 bits per heavy atom. The van der Waals surface area contributed by atoms with Gasteiger partial charge in [-0.2, -0.15) is 0 Å². The predicted octanol–water partition coefficient (Wildman–Crippen LogP) is 7.04. The molecule has 4 aromatic rings. The molecule has 2 atom stereocenters. The van der Waals surface area contributed by atoms with Gasteiger partial charge in [-0.1, -0.05) is 78.0 Å². The van der Waals surface area contributed by atoms with Gasteiger partial charge in [0.2, 0.25) is 0 Å². The van der Waals surface area contributed by atoms with Crippen LogP contribution in [-0.2, 0) is 16.1 Å². The number of ether oxygens (including phenoxy) is 2. The molecule has 0 saturated heterocycles. The number of rotatable bonds is 8. The molecule has 188 valence electrons. The standard InChI is InChI=1S/C30H34N2O4/c1-21-17-26(36-31-21)20-34-28(23-12-7-6-8-13-23)27(19-32(5)29(33)35-30(2,3)4)25-16-15-22-11-9-10-14-24(22)18-25/h6-18,27-28H,19-20H2,1-5H3/t27-,28-/m1/s1. The zero-order valence-electron chi connectivity index (χ0n) is 21.6. The molecule has 0 bridgehead atoms. The molecule has 0 aliphatic carbocycles. The van der Waals surface area contributed by atoms with Crippen LogP contribution < -0.4 is 0 Å². The van der Waals surface area contributed by atoms with Crippen molar-refractivity contribution in [1.82, 2.24) is 10.1 Å². The molecule has 0 fully saturated rings. The molecule has 6 heteroatoms. The highest BCUT2D eigenvalue weighted by molar-refractivity contribution is 5.83. The molecule has 36 heavy (non-hydrogen) atoms. The number of benzene rings is 3. The third-order valence-electron chi connectivity index (χ3n) is 5.95. The summed E-state index contributed by atoms with van der Waals surface area (Å²) < 4.78 is 17.6. The zero-order chi connectivity index (χ0) is 25.7. The number of carbonyl (C=O) groups excluding carboxylic acids is 1. The molecule has 1 amide bonds. The smallest absolute Gasteiger partial charge is 0.410 e. The van der Waals surface area contributed by atoms with Gasteiger partial charge < -0.3 is 18.9 Å². The van der Waals surface area contributed by atoms with Crippen molar-refractivity contribution in [2.24, 2.45) is 0 Å². The summed E-state index contributed by atoms with van der Waals surface area (Å²) >= 11 is 0. The van der Waals surface area contributed by atoms with Crippen LogP contribution in [-0.4, -0.2) is 35.3 Å². The van der Waals surface area contributed by atoms with Crippen molar-refractivity contribution >= 4 is 16.9 Å². The molecular formula is C30H34N2O4. The molecule has 0 spiro atoms. The largest absolute Gasteiger partial charge is 0.444 e. The predicted molar refractivity (Wildman–Crippen MR) is 141 cm³/mol. The van der Waals surface area contributed by atoms with E-state index in [1.54, 1.807) is 11.9 Å². The number of carbonyl (C=O) groups is 1. The van der Waals surface area contributed by atoms with Gasteiger partial charge in [-0.15, -0.1) is 0 Å². The van der Waals surface area contributed by atoms with Crippen molar-refractivity contribution < 1.29 is 18.8 Å². The molecule has 6 nitrogen and oxygen atoms in total. The Bertz CT molecular complexity index is 1290. The average molecular weight is 487 g/mol. The maximum absolute atomic E-state index is 12.9. The van der Waals surface area contributed by atoms with E-state index in [1.807, 2.05) is 64.1 Å². The Morgan fingerprint density at radius 1 is 0.944 bits per heavy atom. The molecule has 0 aliphatic rings. The highest BCUT2D eigenvalue weighted by Gasteiger charge is 2.30. The van der Waals surface area contributed by atoms with Gasteiger partial charge in [-0.3, -0.25) is 0 Å². The first-order chi connectivity index (χ1) is 17.2. The number of likely N-dealkylation sites (N-methyl/N-ethyl adjacent to an activating group) is 1. The maximum atomic E-state index is 12.9. The number of fused-ring (bicyclic) bond motifs is 1. The van der Waals surface area contributed by atoms with Crippen molar-refractivity contribution in [1.29, 1.82) is 0 Å². The van der Waals surface area contributed by atoms with Crippen LogP contribution in [0.25, 0.3) is 10.8 Å². The van der Waals surface area contributed by atoms with E-state index in [-0.39, 0.29) is 24.7 Å². The minimum Gasteiger partial charge on any atom is -0.444 e. The molecule has 0 aliphatic heterocycles. The normalized spacial score (nSPS) is 13.4. The van der Waals surface area contributed by atoms with Gasteiger partial charge in [0.15, 0.2) is 5.76 Å². The van der Waals surface area contributed by atoms with E-state index in [0.29, 0.717) is 12.3 Å². The first-order valence-electron chi connectivity index (χ1n) is 12.2. The monoisotopic (exact) mass is 486 g/mol. The second kappa shape index (κ2) is 11.0. The topological polar surface area (TPSA) is 64.8 Å². The number of aryl methyl sites for hydroxylation is 1. The fourth-order valence-electron chi connectivity index (χ4n) is 4.27. The molecular weight excluding hydrogens is 452 g/mol. The highest BCUT2D eigenvalue weighted by Crippen LogP contribution is 2.37. The summed E-state index contributed by atoms with van der Waals surface area (Å²) in [5.41, 5.74) is 2.32. The Balaban J connectivity index is 1.72. The van der Waals surface area contributed by atoms with Gasteiger partial charge in [0, 0.05) is 25.6 Å². The van der Waals surface area contributed by atoms with E-state index in [4.69, 9.17) is 14.0 Å². The molecule has 1 heterocycles. The van der Waals surface area contributed by atoms with Gasteiger partial charge >= 0.3 is 6.09 Å². The van der Waals surface area contributed by atoms with E-state index >= 15 is 0 Å². The quantitative estimate of drug-likeness (QED) is 0.267. The molecule has 1 aromatic heterocycles. The molecule has 0 saturated carbocycles. The summed E-state index contributed by atoms with van der Waals surface area (Å²) in [5.74, 6) is 0.490. The lowest BCUT2D eigenvalue weighted by molar-refractivity contribution is -0.00358. The van der Waals surface area contributed by atoms with Gasteiger partial charge in [0.05, 0.1) is 11.8 Å². The van der Waals surface area contributed by atoms with Crippen LogP contribution >= 0.6 is 0 Å². The van der Waals surface area contributed by atoms with Crippen LogP contribution in [0.4, 0.5) is 4.79 Å². The van der Waals surface area contributed by atoms with Crippen LogP contribution in [0.15, 0.2) is 83.4 Å². The lowest BCUT2D eigenvalue weighted by atomic mass is 9.87. The van der Waals surface area contributed by atoms with E-state index < -0.39 is 5.60 Å². The van der Waals surface area contributed by atoms with Gasteiger partial charge in [0.1, 0.15) is 12.2 Å². The number of amides is 1. The fourth-order valence-corrected chi connectivity index (χ4v) is 4.27. The average Bonchev–Trinajstić information content (AvgIpc) is 3.27. The molecule has 0 radical (unpaired) electrons. The van der Waals surface area contributed by atoms with Crippen molar-refractivity contribution in [3.8, 4) is 0 Å². The summed E-state index contributed by atoms with van der Waals surface area (Å²) in [6, 6.07) is 26.6.